The third-order valence-corrected chi connectivity index (χ3v) is 4.37. The molecule has 0 saturated carbocycles. The fourth-order valence-electron chi connectivity index (χ4n) is 3.00. The molecule has 0 bridgehead atoms. The van der Waals surface area contributed by atoms with Crippen molar-refractivity contribution in [3.63, 3.8) is 0 Å². The summed E-state index contributed by atoms with van der Waals surface area (Å²) >= 11 is 0. The second kappa shape index (κ2) is 6.94. The van der Waals surface area contributed by atoms with Gasteiger partial charge in [-0.05, 0) is 18.1 Å². The standard InChI is InChI=1S/C18H18N6O3/c19-11-7-21-16-15(11)22-9-23-17(16)18(26)20-6-5-10-1-3-12-13(4-2-10)27-8-14(25)24-12/h1-2,4,7,9,21H,3,5-6,8,19H2,(H,20,26)(H,24,25). The van der Waals surface area contributed by atoms with Gasteiger partial charge in [0, 0.05) is 19.2 Å². The van der Waals surface area contributed by atoms with Crippen LogP contribution >= 0.6 is 0 Å². The van der Waals surface area contributed by atoms with Crippen molar-refractivity contribution in [3.05, 3.63) is 53.5 Å². The van der Waals surface area contributed by atoms with Crippen LogP contribution in [0.2, 0.25) is 0 Å². The predicted octanol–water partition coefficient (Wildman–Crippen LogP) is 0.904. The number of carbonyl (C=O) groups is 2. The second-order valence-corrected chi connectivity index (χ2v) is 6.19. The molecule has 2 aromatic heterocycles. The number of nitrogens with one attached hydrogen (secondary N) is 3. The molecule has 4 rings (SSSR count). The highest BCUT2D eigenvalue weighted by Crippen LogP contribution is 2.21. The number of allylic oxidation sites excluding steroid dienone is 3. The van der Waals surface area contributed by atoms with Crippen LogP contribution in [-0.4, -0.2) is 39.9 Å². The van der Waals surface area contributed by atoms with E-state index in [0.717, 1.165) is 11.3 Å². The first-order chi connectivity index (χ1) is 13.1. The minimum Gasteiger partial charge on any atom is -0.482 e. The Labute approximate surface area is 154 Å². The molecule has 138 valence electrons. The lowest BCUT2D eigenvalue weighted by Crippen LogP contribution is -2.32. The Morgan fingerprint density at radius 2 is 2.22 bits per heavy atom. The Hall–Kier alpha value is -3.62. The monoisotopic (exact) mass is 366 g/mol. The Morgan fingerprint density at radius 3 is 3.11 bits per heavy atom. The van der Waals surface area contributed by atoms with Gasteiger partial charge in [-0.25, -0.2) is 9.97 Å². The van der Waals surface area contributed by atoms with Crippen LogP contribution in [0.15, 0.2) is 47.8 Å². The number of hydrogen-bond acceptors (Lipinski definition) is 6. The third kappa shape index (κ3) is 3.39. The van der Waals surface area contributed by atoms with Gasteiger partial charge in [0.25, 0.3) is 11.8 Å². The summed E-state index contributed by atoms with van der Waals surface area (Å²) in [6.07, 6.45) is 9.90. The van der Waals surface area contributed by atoms with Gasteiger partial charge >= 0.3 is 0 Å². The number of ether oxygens (including phenoxy) is 1. The summed E-state index contributed by atoms with van der Waals surface area (Å²) in [6.45, 7) is 0.472. The molecule has 0 spiro atoms. The molecule has 1 aliphatic carbocycles. The summed E-state index contributed by atoms with van der Waals surface area (Å²) in [5.74, 6) is 0.237. The van der Waals surface area contributed by atoms with Crippen molar-refractivity contribution in [3.8, 4) is 0 Å². The van der Waals surface area contributed by atoms with Crippen molar-refractivity contribution >= 4 is 28.5 Å². The van der Waals surface area contributed by atoms with E-state index in [4.69, 9.17) is 10.5 Å². The lowest BCUT2D eigenvalue weighted by atomic mass is 10.1. The van der Waals surface area contributed by atoms with Crippen LogP contribution in [0, 0.1) is 0 Å². The molecule has 2 amide bonds. The third-order valence-electron chi connectivity index (χ3n) is 4.37. The smallest absolute Gasteiger partial charge is 0.272 e. The highest BCUT2D eigenvalue weighted by molar-refractivity contribution is 6.05. The molecule has 0 aromatic carbocycles. The molecule has 3 heterocycles. The number of nitrogens with two attached hydrogens (primary N) is 1. The van der Waals surface area contributed by atoms with E-state index in [1.165, 1.54) is 6.33 Å². The average Bonchev–Trinajstić information content (AvgIpc) is 2.93. The molecule has 27 heavy (non-hydrogen) atoms. The molecular formula is C18H18N6O3. The molecular weight excluding hydrogens is 348 g/mol. The predicted molar refractivity (Wildman–Crippen MR) is 98.2 cm³/mol. The number of rotatable bonds is 4. The van der Waals surface area contributed by atoms with E-state index in [2.05, 4.69) is 25.6 Å². The van der Waals surface area contributed by atoms with Crippen molar-refractivity contribution in [2.24, 2.45) is 0 Å². The number of carbonyl (C=O) groups excluding carboxylic acids is 2. The van der Waals surface area contributed by atoms with Crippen LogP contribution in [0.1, 0.15) is 23.3 Å². The maximum Gasteiger partial charge on any atom is 0.272 e. The number of nitrogens with zero attached hydrogens (tertiary/aromatic N) is 2. The number of aromatic amines is 1. The van der Waals surface area contributed by atoms with E-state index in [0.29, 0.717) is 41.9 Å². The molecule has 2 aromatic rings. The van der Waals surface area contributed by atoms with Crippen molar-refractivity contribution in [2.75, 3.05) is 18.9 Å². The quantitative estimate of drug-likeness (QED) is 0.635. The molecule has 0 radical (unpaired) electrons. The van der Waals surface area contributed by atoms with Crippen molar-refractivity contribution < 1.29 is 14.3 Å². The Kier molecular flexibility index (Phi) is 4.33. The lowest BCUT2D eigenvalue weighted by molar-refractivity contribution is -0.125. The first-order valence-corrected chi connectivity index (χ1v) is 8.50. The number of anilines is 1. The molecule has 2 aliphatic rings. The van der Waals surface area contributed by atoms with Gasteiger partial charge in [-0.1, -0.05) is 12.2 Å². The van der Waals surface area contributed by atoms with Crippen LogP contribution in [0.3, 0.4) is 0 Å². The van der Waals surface area contributed by atoms with Crippen molar-refractivity contribution in [1.82, 2.24) is 25.6 Å². The van der Waals surface area contributed by atoms with E-state index in [-0.39, 0.29) is 24.1 Å². The Bertz CT molecular complexity index is 1020. The van der Waals surface area contributed by atoms with Crippen LogP contribution in [0.5, 0.6) is 0 Å². The van der Waals surface area contributed by atoms with Crippen molar-refractivity contribution in [2.45, 2.75) is 12.8 Å². The van der Waals surface area contributed by atoms with E-state index in [9.17, 15) is 9.59 Å². The van der Waals surface area contributed by atoms with Gasteiger partial charge in [-0.2, -0.15) is 0 Å². The molecule has 0 fully saturated rings. The normalized spacial score (nSPS) is 16.3. The highest BCUT2D eigenvalue weighted by Gasteiger charge is 2.18. The fourth-order valence-corrected chi connectivity index (χ4v) is 3.00. The van der Waals surface area contributed by atoms with Crippen LogP contribution in [-0.2, 0) is 9.53 Å². The second-order valence-electron chi connectivity index (χ2n) is 6.19. The summed E-state index contributed by atoms with van der Waals surface area (Å²) in [7, 11) is 0. The number of nitrogen functional groups attached to an aromatic ring is 1. The Morgan fingerprint density at radius 1 is 1.33 bits per heavy atom. The molecule has 0 atom stereocenters. The van der Waals surface area contributed by atoms with E-state index in [1.807, 2.05) is 18.2 Å². The first-order valence-electron chi connectivity index (χ1n) is 8.50. The average molecular weight is 366 g/mol. The summed E-state index contributed by atoms with van der Waals surface area (Å²) < 4.78 is 5.42. The highest BCUT2D eigenvalue weighted by atomic mass is 16.5. The number of aromatic nitrogens is 3. The van der Waals surface area contributed by atoms with Gasteiger partial charge < -0.3 is 26.1 Å². The largest absolute Gasteiger partial charge is 0.482 e. The van der Waals surface area contributed by atoms with Gasteiger partial charge in [-0.3, -0.25) is 9.59 Å². The zero-order valence-corrected chi connectivity index (χ0v) is 14.4. The molecule has 9 nitrogen and oxygen atoms in total. The minimum absolute atomic E-state index is 0.0330. The molecule has 0 saturated heterocycles. The van der Waals surface area contributed by atoms with Gasteiger partial charge in [0.05, 0.1) is 16.9 Å². The van der Waals surface area contributed by atoms with Gasteiger partial charge in [0.15, 0.2) is 12.3 Å². The molecule has 9 heteroatoms. The SMILES string of the molecule is Nc1c[nH]c2c(C(=O)NCCC3=CCC4=C(C=C3)OCC(=O)N4)ncnc12. The van der Waals surface area contributed by atoms with E-state index < -0.39 is 0 Å². The number of H-pyrrole nitrogens is 1. The fraction of sp³-hybridized carbons (Fsp3) is 0.222. The summed E-state index contributed by atoms with van der Waals surface area (Å²) in [5.41, 5.74) is 9.39. The summed E-state index contributed by atoms with van der Waals surface area (Å²) in [5, 5.41) is 5.67. The van der Waals surface area contributed by atoms with Crippen LogP contribution in [0.4, 0.5) is 5.69 Å². The zero-order valence-electron chi connectivity index (χ0n) is 14.4. The number of fused-ring (bicyclic) bond motifs is 1. The lowest BCUT2D eigenvalue weighted by Gasteiger charge is -2.18. The molecule has 5 N–H and O–H groups in total. The van der Waals surface area contributed by atoms with Gasteiger partial charge in [-0.15, -0.1) is 0 Å². The topological polar surface area (TPSA) is 135 Å². The minimum atomic E-state index is -0.296. The van der Waals surface area contributed by atoms with E-state index >= 15 is 0 Å². The van der Waals surface area contributed by atoms with Crippen LogP contribution in [0.25, 0.3) is 11.0 Å². The van der Waals surface area contributed by atoms with E-state index in [1.54, 1.807) is 6.20 Å². The van der Waals surface area contributed by atoms with Gasteiger partial charge in [0.1, 0.15) is 17.6 Å². The summed E-state index contributed by atoms with van der Waals surface area (Å²) in [6, 6.07) is 0. The number of hydrogen-bond donors (Lipinski definition) is 4. The zero-order chi connectivity index (χ0) is 18.8. The number of amides is 2. The summed E-state index contributed by atoms with van der Waals surface area (Å²) in [4.78, 5) is 34.9. The maximum absolute atomic E-state index is 12.4. The van der Waals surface area contributed by atoms with Crippen LogP contribution < -0.4 is 16.4 Å². The first kappa shape index (κ1) is 16.8. The molecule has 0 unspecified atom stereocenters. The molecule has 1 aliphatic heterocycles. The Balaban J connectivity index is 1.37. The maximum atomic E-state index is 12.4. The van der Waals surface area contributed by atoms with Gasteiger partial charge in [0.2, 0.25) is 0 Å². The van der Waals surface area contributed by atoms with Crippen molar-refractivity contribution in [1.29, 1.82) is 0 Å².